The normalized spacial score (nSPS) is 15.7. The van der Waals surface area contributed by atoms with Crippen molar-refractivity contribution < 1.29 is 9.59 Å². The van der Waals surface area contributed by atoms with Gasteiger partial charge < -0.3 is 14.8 Å². The molecule has 2 aromatic rings. The van der Waals surface area contributed by atoms with E-state index in [0.717, 1.165) is 31.4 Å². The Bertz CT molecular complexity index is 707. The zero-order valence-corrected chi connectivity index (χ0v) is 13.5. The molecular weight excluding hydrogens is 290 g/mol. The van der Waals surface area contributed by atoms with Gasteiger partial charge in [0.1, 0.15) is 0 Å². The summed E-state index contributed by atoms with van der Waals surface area (Å²) in [5, 5.41) is 1.19. The summed E-state index contributed by atoms with van der Waals surface area (Å²) >= 11 is 0. The van der Waals surface area contributed by atoms with E-state index in [1.54, 1.807) is 6.92 Å². The minimum Gasteiger partial charge on any atom is -0.361 e. The zero-order valence-electron chi connectivity index (χ0n) is 13.5. The lowest BCUT2D eigenvalue weighted by Crippen LogP contribution is -2.36. The molecule has 1 aromatic heterocycles. The first-order chi connectivity index (χ1) is 11.1. The molecule has 23 heavy (non-hydrogen) atoms. The van der Waals surface area contributed by atoms with E-state index >= 15 is 0 Å². The summed E-state index contributed by atoms with van der Waals surface area (Å²) in [6, 6.07) is 8.16. The lowest BCUT2D eigenvalue weighted by atomic mass is 10.1. The van der Waals surface area contributed by atoms with Crippen LogP contribution >= 0.6 is 0 Å². The maximum Gasteiger partial charge on any atom is 0.222 e. The van der Waals surface area contributed by atoms with Crippen molar-refractivity contribution in [2.75, 3.05) is 26.2 Å². The lowest BCUT2D eigenvalue weighted by Gasteiger charge is -2.21. The molecule has 1 saturated heterocycles. The molecule has 0 saturated carbocycles. The van der Waals surface area contributed by atoms with Crippen molar-refractivity contribution >= 4 is 22.7 Å². The van der Waals surface area contributed by atoms with Crippen LogP contribution in [-0.4, -0.2) is 52.8 Å². The first-order valence-corrected chi connectivity index (χ1v) is 8.23. The van der Waals surface area contributed by atoms with Gasteiger partial charge in [-0.3, -0.25) is 9.59 Å². The van der Waals surface area contributed by atoms with E-state index in [1.807, 2.05) is 34.2 Å². The number of hydrogen-bond acceptors (Lipinski definition) is 2. The molecule has 2 amide bonds. The Kier molecular flexibility index (Phi) is 4.65. The predicted molar refractivity (Wildman–Crippen MR) is 90.1 cm³/mol. The number of H-pyrrole nitrogens is 1. The lowest BCUT2D eigenvalue weighted by molar-refractivity contribution is -0.132. The number of nitrogens with zero attached hydrogens (tertiary/aromatic N) is 2. The van der Waals surface area contributed by atoms with Gasteiger partial charge >= 0.3 is 0 Å². The Labute approximate surface area is 136 Å². The molecule has 5 heteroatoms. The summed E-state index contributed by atoms with van der Waals surface area (Å²) in [7, 11) is 0. The van der Waals surface area contributed by atoms with E-state index in [4.69, 9.17) is 0 Å². The summed E-state index contributed by atoms with van der Waals surface area (Å²) < 4.78 is 0. The molecule has 0 aliphatic carbocycles. The van der Waals surface area contributed by atoms with Crippen molar-refractivity contribution in [1.29, 1.82) is 0 Å². The number of benzene rings is 1. The van der Waals surface area contributed by atoms with Gasteiger partial charge in [0.25, 0.3) is 0 Å². The zero-order chi connectivity index (χ0) is 16.2. The number of fused-ring (bicyclic) bond motifs is 1. The van der Waals surface area contributed by atoms with Crippen LogP contribution < -0.4 is 0 Å². The highest BCUT2D eigenvalue weighted by molar-refractivity contribution is 5.84. The molecule has 1 fully saturated rings. The Morgan fingerprint density at radius 3 is 2.65 bits per heavy atom. The number of amides is 2. The minimum atomic E-state index is 0.0955. The second kappa shape index (κ2) is 6.86. The molecule has 0 radical (unpaired) electrons. The molecule has 1 aromatic carbocycles. The van der Waals surface area contributed by atoms with Crippen LogP contribution in [0.25, 0.3) is 10.9 Å². The number of carbonyl (C=O) groups excluding carboxylic acids is 2. The van der Waals surface area contributed by atoms with Gasteiger partial charge in [0, 0.05) is 56.6 Å². The average molecular weight is 313 g/mol. The molecule has 0 atom stereocenters. The molecule has 0 bridgehead atoms. The van der Waals surface area contributed by atoms with E-state index < -0.39 is 0 Å². The number of carbonyl (C=O) groups is 2. The Balaban J connectivity index is 1.58. The number of nitrogens with one attached hydrogen (secondary N) is 1. The van der Waals surface area contributed by atoms with Crippen molar-refractivity contribution in [3.63, 3.8) is 0 Å². The van der Waals surface area contributed by atoms with Gasteiger partial charge in [-0.25, -0.2) is 0 Å². The van der Waals surface area contributed by atoms with E-state index in [0.29, 0.717) is 19.5 Å². The second-order valence-electron chi connectivity index (χ2n) is 6.10. The van der Waals surface area contributed by atoms with Crippen LogP contribution in [0.5, 0.6) is 0 Å². The van der Waals surface area contributed by atoms with Gasteiger partial charge in [0.2, 0.25) is 11.8 Å². The number of rotatable bonds is 3. The van der Waals surface area contributed by atoms with Crippen LogP contribution in [0.2, 0.25) is 0 Å². The van der Waals surface area contributed by atoms with Gasteiger partial charge in [0.15, 0.2) is 0 Å². The first kappa shape index (κ1) is 15.6. The molecule has 1 aliphatic rings. The van der Waals surface area contributed by atoms with Crippen molar-refractivity contribution in [1.82, 2.24) is 14.8 Å². The summed E-state index contributed by atoms with van der Waals surface area (Å²) in [6.07, 6.45) is 4.12. The van der Waals surface area contributed by atoms with Crippen molar-refractivity contribution in [3.05, 3.63) is 36.0 Å². The average Bonchev–Trinajstić information content (AvgIpc) is 2.79. The van der Waals surface area contributed by atoms with E-state index in [9.17, 15) is 9.59 Å². The minimum absolute atomic E-state index is 0.0955. The number of aromatic nitrogens is 1. The maximum atomic E-state index is 12.5. The van der Waals surface area contributed by atoms with Gasteiger partial charge in [-0.1, -0.05) is 18.2 Å². The summed E-state index contributed by atoms with van der Waals surface area (Å²) in [5.74, 6) is 0.277. The smallest absolute Gasteiger partial charge is 0.222 e. The Hall–Kier alpha value is -2.30. The number of aryl methyl sites for hydroxylation is 1. The second-order valence-corrected chi connectivity index (χ2v) is 6.10. The predicted octanol–water partition coefficient (Wildman–Crippen LogP) is 2.18. The number of hydrogen-bond donors (Lipinski definition) is 1. The van der Waals surface area contributed by atoms with Gasteiger partial charge in [-0.15, -0.1) is 0 Å². The SMILES string of the molecule is CC(=O)N1CCCN(C(=O)CCc2c[nH]c3ccccc23)CC1. The molecule has 1 aliphatic heterocycles. The monoisotopic (exact) mass is 313 g/mol. The van der Waals surface area contributed by atoms with Crippen LogP contribution in [0.15, 0.2) is 30.5 Å². The van der Waals surface area contributed by atoms with Crippen molar-refractivity contribution in [3.8, 4) is 0 Å². The molecule has 3 rings (SSSR count). The quantitative estimate of drug-likeness (QED) is 0.944. The number of para-hydroxylation sites is 1. The molecule has 5 nitrogen and oxygen atoms in total. The van der Waals surface area contributed by atoms with Crippen molar-refractivity contribution in [2.24, 2.45) is 0 Å². The van der Waals surface area contributed by atoms with Crippen LogP contribution in [0.4, 0.5) is 0 Å². The number of aromatic amines is 1. The molecule has 0 spiro atoms. The fraction of sp³-hybridized carbons (Fsp3) is 0.444. The van der Waals surface area contributed by atoms with E-state index in [-0.39, 0.29) is 11.8 Å². The highest BCUT2D eigenvalue weighted by Crippen LogP contribution is 2.19. The topological polar surface area (TPSA) is 56.4 Å². The molecular formula is C18H23N3O2. The summed E-state index contributed by atoms with van der Waals surface area (Å²) in [5.41, 5.74) is 2.30. The molecule has 122 valence electrons. The first-order valence-electron chi connectivity index (χ1n) is 8.23. The molecule has 1 N–H and O–H groups in total. The highest BCUT2D eigenvalue weighted by atomic mass is 16.2. The fourth-order valence-corrected chi connectivity index (χ4v) is 3.22. The standard InChI is InChI=1S/C18H23N3O2/c1-14(22)20-9-4-10-21(12-11-20)18(23)8-7-15-13-19-17-6-3-2-5-16(15)17/h2-3,5-6,13,19H,4,7-12H2,1H3. The van der Waals surface area contributed by atoms with E-state index in [1.165, 1.54) is 10.9 Å². The summed E-state index contributed by atoms with van der Waals surface area (Å²) in [4.78, 5) is 30.9. The van der Waals surface area contributed by atoms with E-state index in [2.05, 4.69) is 11.1 Å². The largest absolute Gasteiger partial charge is 0.361 e. The molecule has 0 unspecified atom stereocenters. The Morgan fingerprint density at radius 1 is 1.09 bits per heavy atom. The highest BCUT2D eigenvalue weighted by Gasteiger charge is 2.20. The van der Waals surface area contributed by atoms with Crippen molar-refractivity contribution in [2.45, 2.75) is 26.2 Å². The van der Waals surface area contributed by atoms with Gasteiger partial charge in [-0.2, -0.15) is 0 Å². The van der Waals surface area contributed by atoms with Crippen LogP contribution in [0.1, 0.15) is 25.3 Å². The van der Waals surface area contributed by atoms with Gasteiger partial charge in [-0.05, 0) is 24.5 Å². The van der Waals surface area contributed by atoms with Crippen LogP contribution in [0.3, 0.4) is 0 Å². The third kappa shape index (κ3) is 3.55. The molecule has 2 heterocycles. The van der Waals surface area contributed by atoms with Crippen LogP contribution in [0, 0.1) is 0 Å². The third-order valence-electron chi connectivity index (χ3n) is 4.58. The Morgan fingerprint density at radius 2 is 1.83 bits per heavy atom. The third-order valence-corrected chi connectivity index (χ3v) is 4.58. The van der Waals surface area contributed by atoms with Gasteiger partial charge in [0.05, 0.1) is 0 Å². The fourth-order valence-electron chi connectivity index (χ4n) is 3.22. The van der Waals surface area contributed by atoms with Crippen LogP contribution in [-0.2, 0) is 16.0 Å². The maximum absolute atomic E-state index is 12.5. The summed E-state index contributed by atoms with van der Waals surface area (Å²) in [6.45, 7) is 4.38.